The summed E-state index contributed by atoms with van der Waals surface area (Å²) in [4.78, 5) is 23.7. The van der Waals surface area contributed by atoms with E-state index < -0.39 is 4.92 Å². The molecule has 0 aliphatic heterocycles. The van der Waals surface area contributed by atoms with Crippen LogP contribution in [0, 0.1) is 15.9 Å². The second kappa shape index (κ2) is 6.87. The molecule has 4 aromatic rings. The highest BCUT2D eigenvalue weighted by Crippen LogP contribution is 2.41. The molecule has 0 spiro atoms. The molecule has 9 heteroatoms. The van der Waals surface area contributed by atoms with Crippen molar-refractivity contribution in [3.8, 4) is 5.69 Å². The van der Waals surface area contributed by atoms with Gasteiger partial charge in [-0.25, -0.2) is 13.8 Å². The van der Waals surface area contributed by atoms with Crippen molar-refractivity contribution in [2.45, 2.75) is 25.3 Å². The van der Waals surface area contributed by atoms with Crippen molar-refractivity contribution in [1.29, 1.82) is 0 Å². The number of benzene rings is 2. The maximum atomic E-state index is 13.3. The minimum absolute atomic E-state index is 0.0115. The highest BCUT2D eigenvalue weighted by molar-refractivity contribution is 5.82. The van der Waals surface area contributed by atoms with Gasteiger partial charge in [-0.1, -0.05) is 12.1 Å². The van der Waals surface area contributed by atoms with E-state index in [1.807, 2.05) is 0 Å². The summed E-state index contributed by atoms with van der Waals surface area (Å²) in [5.74, 6) is -0.0896. The highest BCUT2D eigenvalue weighted by Gasteiger charge is 2.30. The second-order valence-electron chi connectivity index (χ2n) is 7.34. The Morgan fingerprint density at radius 3 is 2.43 bits per heavy atom. The van der Waals surface area contributed by atoms with E-state index in [9.17, 15) is 19.3 Å². The van der Waals surface area contributed by atoms with Gasteiger partial charge in [-0.3, -0.25) is 14.9 Å². The molecule has 1 saturated carbocycles. The smallest absolute Gasteiger partial charge is 0.265 e. The van der Waals surface area contributed by atoms with Gasteiger partial charge in [0.1, 0.15) is 11.3 Å². The monoisotopic (exact) mass is 405 g/mol. The summed E-state index contributed by atoms with van der Waals surface area (Å²) in [7, 11) is 0. The Morgan fingerprint density at radius 2 is 1.80 bits per heavy atom. The number of fused-ring (bicyclic) bond motifs is 1. The number of aromatic nitrogens is 4. The molecule has 0 bridgehead atoms. The van der Waals surface area contributed by atoms with Crippen molar-refractivity contribution in [3.05, 3.63) is 92.3 Å². The minimum atomic E-state index is -0.466. The molecule has 0 amide bonds. The summed E-state index contributed by atoms with van der Waals surface area (Å²) >= 11 is 0. The number of halogens is 1. The number of non-ortho nitro benzene ring substituents is 1. The fourth-order valence-electron chi connectivity index (χ4n) is 3.53. The number of hydrogen-bond donors (Lipinski definition) is 0. The molecule has 0 atom stereocenters. The molecule has 2 aromatic carbocycles. The summed E-state index contributed by atoms with van der Waals surface area (Å²) in [5.41, 5.74) is 2.18. The molecule has 0 radical (unpaired) electrons. The number of hydrogen-bond acceptors (Lipinski definition) is 5. The van der Waals surface area contributed by atoms with Crippen LogP contribution in [0.1, 0.15) is 30.0 Å². The Hall–Kier alpha value is -3.88. The Morgan fingerprint density at radius 1 is 1.10 bits per heavy atom. The van der Waals surface area contributed by atoms with E-state index in [1.54, 1.807) is 30.5 Å². The average molecular weight is 405 g/mol. The molecule has 1 aliphatic rings. The Kier molecular flexibility index (Phi) is 4.16. The van der Waals surface area contributed by atoms with Gasteiger partial charge in [-0.05, 0) is 42.7 Å². The van der Waals surface area contributed by atoms with Crippen LogP contribution >= 0.6 is 0 Å². The lowest BCUT2D eigenvalue weighted by Crippen LogP contribution is -2.26. The normalized spacial score (nSPS) is 13.6. The predicted molar refractivity (Wildman–Crippen MR) is 107 cm³/mol. The van der Waals surface area contributed by atoms with Crippen molar-refractivity contribution in [3.63, 3.8) is 0 Å². The van der Waals surface area contributed by atoms with Crippen molar-refractivity contribution in [2.75, 3.05) is 0 Å². The lowest BCUT2D eigenvalue weighted by molar-refractivity contribution is -0.384. The third kappa shape index (κ3) is 3.14. The zero-order valence-corrected chi connectivity index (χ0v) is 15.7. The van der Waals surface area contributed by atoms with Crippen LogP contribution in [-0.2, 0) is 6.54 Å². The first-order valence-electron chi connectivity index (χ1n) is 9.49. The van der Waals surface area contributed by atoms with Gasteiger partial charge in [0.25, 0.3) is 11.2 Å². The fraction of sp³-hybridized carbons (Fsp3) is 0.190. The molecule has 0 unspecified atom stereocenters. The molecule has 30 heavy (non-hydrogen) atoms. The first-order valence-corrected chi connectivity index (χ1v) is 9.49. The fourth-order valence-corrected chi connectivity index (χ4v) is 3.53. The average Bonchev–Trinajstić information content (AvgIpc) is 3.49. The van der Waals surface area contributed by atoms with E-state index in [0.29, 0.717) is 16.6 Å². The Labute approximate surface area is 169 Å². The molecule has 8 nitrogen and oxygen atoms in total. The maximum Gasteiger partial charge on any atom is 0.293 e. The first-order chi connectivity index (χ1) is 14.5. The molecule has 0 saturated heterocycles. The standard InChI is InChI=1S/C21H16FN5O3/c22-15-5-9-16(10-6-15)26-20-18(11-23-26)19(14-3-4-14)24-25(21(20)28)12-13-1-7-17(8-2-13)27(29)30/h1-2,5-11,14H,3-4,12H2. The minimum Gasteiger partial charge on any atom is -0.265 e. The molecule has 1 fully saturated rings. The second-order valence-corrected chi connectivity index (χ2v) is 7.34. The Bertz CT molecular complexity index is 1320. The van der Waals surface area contributed by atoms with Gasteiger partial charge in [-0.2, -0.15) is 10.2 Å². The molecule has 2 heterocycles. The molecule has 5 rings (SSSR count). The zero-order valence-electron chi connectivity index (χ0n) is 15.7. The largest absolute Gasteiger partial charge is 0.293 e. The lowest BCUT2D eigenvalue weighted by Gasteiger charge is -2.10. The van der Waals surface area contributed by atoms with Crippen LogP contribution < -0.4 is 5.56 Å². The molecule has 1 aliphatic carbocycles. The number of nitro groups is 1. The van der Waals surface area contributed by atoms with Crippen LogP contribution in [0.5, 0.6) is 0 Å². The van der Waals surface area contributed by atoms with Crippen LogP contribution in [-0.4, -0.2) is 24.5 Å². The van der Waals surface area contributed by atoms with E-state index in [-0.39, 0.29) is 29.5 Å². The van der Waals surface area contributed by atoms with Gasteiger partial charge >= 0.3 is 0 Å². The van der Waals surface area contributed by atoms with Crippen molar-refractivity contribution < 1.29 is 9.31 Å². The van der Waals surface area contributed by atoms with Gasteiger partial charge in [0.05, 0.1) is 29.0 Å². The summed E-state index contributed by atoms with van der Waals surface area (Å²) in [6, 6.07) is 11.8. The third-order valence-corrected chi connectivity index (χ3v) is 5.23. The van der Waals surface area contributed by atoms with Crippen LogP contribution in [0.25, 0.3) is 16.6 Å². The topological polar surface area (TPSA) is 95.8 Å². The van der Waals surface area contributed by atoms with Gasteiger partial charge in [-0.15, -0.1) is 0 Å². The SMILES string of the molecule is O=c1c2c(cnn2-c2ccc(F)cc2)c(C2CC2)nn1Cc1ccc([N+](=O)[O-])cc1. The van der Waals surface area contributed by atoms with E-state index in [2.05, 4.69) is 10.2 Å². The summed E-state index contributed by atoms with van der Waals surface area (Å²) in [6.07, 6.45) is 3.64. The van der Waals surface area contributed by atoms with Gasteiger partial charge in [0.2, 0.25) is 0 Å². The first kappa shape index (κ1) is 18.2. The van der Waals surface area contributed by atoms with E-state index in [0.717, 1.165) is 24.1 Å². The van der Waals surface area contributed by atoms with E-state index in [1.165, 1.54) is 33.6 Å². The highest BCUT2D eigenvalue weighted by atomic mass is 19.1. The molecule has 2 aromatic heterocycles. The van der Waals surface area contributed by atoms with Crippen LogP contribution in [0.2, 0.25) is 0 Å². The van der Waals surface area contributed by atoms with Crippen molar-refractivity contribution in [2.24, 2.45) is 0 Å². The number of nitrogens with zero attached hydrogens (tertiary/aromatic N) is 5. The molecule has 150 valence electrons. The van der Waals surface area contributed by atoms with Crippen LogP contribution in [0.15, 0.2) is 59.5 Å². The summed E-state index contributed by atoms with van der Waals surface area (Å²) in [5, 5.41) is 20.5. The molecular formula is C21H16FN5O3. The van der Waals surface area contributed by atoms with E-state index >= 15 is 0 Å². The third-order valence-electron chi connectivity index (χ3n) is 5.23. The predicted octanol–water partition coefficient (Wildman–Crippen LogP) is 3.56. The summed E-state index contributed by atoms with van der Waals surface area (Å²) in [6.45, 7) is 0.182. The number of nitro benzene ring substituents is 1. The summed E-state index contributed by atoms with van der Waals surface area (Å²) < 4.78 is 16.2. The van der Waals surface area contributed by atoms with E-state index in [4.69, 9.17) is 0 Å². The molecule has 0 N–H and O–H groups in total. The molecular weight excluding hydrogens is 389 g/mol. The van der Waals surface area contributed by atoms with Gasteiger partial charge < -0.3 is 0 Å². The van der Waals surface area contributed by atoms with Gasteiger partial charge in [0, 0.05) is 23.4 Å². The van der Waals surface area contributed by atoms with Crippen LogP contribution in [0.4, 0.5) is 10.1 Å². The Balaban J connectivity index is 1.64. The maximum absolute atomic E-state index is 13.3. The van der Waals surface area contributed by atoms with Gasteiger partial charge in [0.15, 0.2) is 0 Å². The van der Waals surface area contributed by atoms with Crippen molar-refractivity contribution >= 4 is 16.6 Å². The lowest BCUT2D eigenvalue weighted by atomic mass is 10.2. The zero-order chi connectivity index (χ0) is 20.8. The number of rotatable bonds is 5. The van der Waals surface area contributed by atoms with Crippen molar-refractivity contribution in [1.82, 2.24) is 19.6 Å². The van der Waals surface area contributed by atoms with Crippen LogP contribution in [0.3, 0.4) is 0 Å². The quantitative estimate of drug-likeness (QED) is 0.374.